The van der Waals surface area contributed by atoms with Gasteiger partial charge in [0.15, 0.2) is 0 Å². The van der Waals surface area contributed by atoms with Gasteiger partial charge in [-0.1, -0.05) is 12.1 Å². The van der Waals surface area contributed by atoms with E-state index in [1.807, 2.05) is 39.9 Å². The number of hydrogen-bond donors (Lipinski definition) is 0. The molecule has 0 radical (unpaired) electrons. The molecule has 25 heavy (non-hydrogen) atoms. The van der Waals surface area contributed by atoms with Crippen LogP contribution in [0.2, 0.25) is 0 Å². The maximum atomic E-state index is 12.7. The number of carbonyl (C=O) groups excluding carboxylic acids is 1. The minimum atomic E-state index is 0.167. The second-order valence-electron chi connectivity index (χ2n) is 7.26. The van der Waals surface area contributed by atoms with Gasteiger partial charge < -0.3 is 14.4 Å². The van der Waals surface area contributed by atoms with E-state index in [2.05, 4.69) is 24.0 Å². The molecule has 1 aliphatic rings. The Kier molecular flexibility index (Phi) is 5.87. The minimum Gasteiger partial charge on any atom is -0.339 e. The van der Waals surface area contributed by atoms with E-state index in [4.69, 9.17) is 0 Å². The average Bonchev–Trinajstić information content (AvgIpc) is 3.13. The number of piperidine rings is 1. The molecule has 0 N–H and O–H groups in total. The van der Waals surface area contributed by atoms with Crippen LogP contribution in [0.25, 0.3) is 0 Å². The maximum Gasteiger partial charge on any atom is 0.253 e. The Hall–Kier alpha value is -2.14. The molecule has 0 atom stereocenters. The molecule has 2 aromatic rings. The molecule has 1 fully saturated rings. The van der Waals surface area contributed by atoms with Gasteiger partial charge in [0.25, 0.3) is 5.91 Å². The van der Waals surface area contributed by atoms with Gasteiger partial charge in [-0.05, 0) is 63.5 Å². The van der Waals surface area contributed by atoms with Crippen LogP contribution in [-0.2, 0) is 6.54 Å². The third-order valence-corrected chi connectivity index (χ3v) is 5.01. The van der Waals surface area contributed by atoms with Gasteiger partial charge in [-0.2, -0.15) is 0 Å². The Labute approximate surface area is 150 Å². The van der Waals surface area contributed by atoms with Crippen molar-refractivity contribution in [2.75, 3.05) is 33.7 Å². The summed E-state index contributed by atoms with van der Waals surface area (Å²) in [4.78, 5) is 21.0. The van der Waals surface area contributed by atoms with Crippen molar-refractivity contribution in [2.45, 2.75) is 25.8 Å². The van der Waals surface area contributed by atoms with E-state index in [9.17, 15) is 4.79 Å². The fraction of sp³-hybridized carbons (Fsp3) is 0.500. The SMILES string of the molecule is CN(C)CCC1CCN(C(=O)c2ccc(Cn3ccnc3)cc2)CC1. The van der Waals surface area contributed by atoms with Crippen molar-refractivity contribution in [3.8, 4) is 0 Å². The topological polar surface area (TPSA) is 41.4 Å². The Balaban J connectivity index is 1.51. The number of rotatable bonds is 6. The number of benzene rings is 1. The number of nitrogens with zero attached hydrogens (tertiary/aromatic N) is 4. The molecule has 1 saturated heterocycles. The summed E-state index contributed by atoms with van der Waals surface area (Å²) >= 11 is 0. The highest BCUT2D eigenvalue weighted by molar-refractivity contribution is 5.94. The predicted octanol–water partition coefficient (Wildman–Crippen LogP) is 2.74. The second kappa shape index (κ2) is 8.30. The second-order valence-corrected chi connectivity index (χ2v) is 7.26. The van der Waals surface area contributed by atoms with E-state index >= 15 is 0 Å². The molecule has 5 heteroatoms. The van der Waals surface area contributed by atoms with Crippen molar-refractivity contribution in [2.24, 2.45) is 5.92 Å². The van der Waals surface area contributed by atoms with Gasteiger partial charge in [0.1, 0.15) is 0 Å². The molecule has 0 aliphatic carbocycles. The number of likely N-dealkylation sites (tertiary alicyclic amines) is 1. The summed E-state index contributed by atoms with van der Waals surface area (Å²) in [6, 6.07) is 7.98. The molecule has 0 bridgehead atoms. The monoisotopic (exact) mass is 340 g/mol. The Morgan fingerprint density at radius 2 is 1.92 bits per heavy atom. The molecule has 1 aromatic heterocycles. The van der Waals surface area contributed by atoms with Crippen LogP contribution < -0.4 is 0 Å². The maximum absolute atomic E-state index is 12.7. The van der Waals surface area contributed by atoms with Crippen molar-refractivity contribution < 1.29 is 4.79 Å². The summed E-state index contributed by atoms with van der Waals surface area (Å²) in [6.07, 6.45) is 9.01. The van der Waals surface area contributed by atoms with Crippen LogP contribution in [0.3, 0.4) is 0 Å². The number of hydrogen-bond acceptors (Lipinski definition) is 3. The standard InChI is InChI=1S/C20H28N4O/c1-22(2)11-7-17-8-12-24(13-9-17)20(25)19-5-3-18(4-6-19)15-23-14-10-21-16-23/h3-6,10,14,16-17H,7-9,11-13,15H2,1-2H3. The lowest BCUT2D eigenvalue weighted by molar-refractivity contribution is 0.0683. The van der Waals surface area contributed by atoms with E-state index in [0.29, 0.717) is 0 Å². The molecule has 1 aliphatic heterocycles. The number of amides is 1. The summed E-state index contributed by atoms with van der Waals surface area (Å²) in [5, 5.41) is 0. The van der Waals surface area contributed by atoms with Gasteiger partial charge in [0, 0.05) is 37.6 Å². The van der Waals surface area contributed by atoms with Crippen molar-refractivity contribution >= 4 is 5.91 Å². The van der Waals surface area contributed by atoms with E-state index in [0.717, 1.165) is 50.5 Å². The summed E-state index contributed by atoms with van der Waals surface area (Å²) in [7, 11) is 4.24. The first-order valence-corrected chi connectivity index (χ1v) is 9.10. The zero-order chi connectivity index (χ0) is 17.6. The first-order chi connectivity index (χ1) is 12.1. The Morgan fingerprint density at radius 3 is 2.52 bits per heavy atom. The largest absolute Gasteiger partial charge is 0.339 e. The lowest BCUT2D eigenvalue weighted by atomic mass is 9.93. The highest BCUT2D eigenvalue weighted by atomic mass is 16.2. The molecule has 2 heterocycles. The molecule has 1 amide bonds. The summed E-state index contributed by atoms with van der Waals surface area (Å²) < 4.78 is 2.02. The predicted molar refractivity (Wildman–Crippen MR) is 99.6 cm³/mol. The fourth-order valence-corrected chi connectivity index (χ4v) is 3.39. The van der Waals surface area contributed by atoms with E-state index < -0.39 is 0 Å². The van der Waals surface area contributed by atoms with Crippen molar-refractivity contribution in [1.29, 1.82) is 0 Å². The quantitative estimate of drug-likeness (QED) is 0.812. The van der Waals surface area contributed by atoms with Crippen molar-refractivity contribution in [3.05, 3.63) is 54.1 Å². The molecule has 3 rings (SSSR count). The van der Waals surface area contributed by atoms with E-state index in [-0.39, 0.29) is 5.91 Å². The van der Waals surface area contributed by atoms with Gasteiger partial charge in [-0.15, -0.1) is 0 Å². The molecular formula is C20H28N4O. The average molecular weight is 340 g/mol. The highest BCUT2D eigenvalue weighted by Crippen LogP contribution is 2.22. The zero-order valence-electron chi connectivity index (χ0n) is 15.3. The van der Waals surface area contributed by atoms with E-state index in [1.165, 1.54) is 12.0 Å². The van der Waals surface area contributed by atoms with Gasteiger partial charge in [-0.3, -0.25) is 4.79 Å². The van der Waals surface area contributed by atoms with Crippen LogP contribution in [0.4, 0.5) is 0 Å². The van der Waals surface area contributed by atoms with Gasteiger partial charge >= 0.3 is 0 Å². The van der Waals surface area contributed by atoms with Crippen LogP contribution in [-0.4, -0.2) is 59.0 Å². The fourth-order valence-electron chi connectivity index (χ4n) is 3.39. The van der Waals surface area contributed by atoms with Crippen LogP contribution >= 0.6 is 0 Å². The van der Waals surface area contributed by atoms with E-state index in [1.54, 1.807) is 12.5 Å². The Morgan fingerprint density at radius 1 is 1.20 bits per heavy atom. The molecule has 1 aromatic carbocycles. The van der Waals surface area contributed by atoms with Crippen LogP contribution in [0.1, 0.15) is 35.2 Å². The normalized spacial score (nSPS) is 15.7. The van der Waals surface area contributed by atoms with Crippen molar-refractivity contribution in [3.63, 3.8) is 0 Å². The van der Waals surface area contributed by atoms with Gasteiger partial charge in [0.05, 0.1) is 6.33 Å². The lowest BCUT2D eigenvalue weighted by Gasteiger charge is -2.32. The highest BCUT2D eigenvalue weighted by Gasteiger charge is 2.23. The van der Waals surface area contributed by atoms with Crippen LogP contribution in [0, 0.1) is 5.92 Å². The first kappa shape index (κ1) is 17.7. The lowest BCUT2D eigenvalue weighted by Crippen LogP contribution is -2.39. The minimum absolute atomic E-state index is 0.167. The van der Waals surface area contributed by atoms with Gasteiger partial charge in [-0.25, -0.2) is 4.98 Å². The first-order valence-electron chi connectivity index (χ1n) is 9.10. The Bertz CT molecular complexity index is 656. The summed E-state index contributed by atoms with van der Waals surface area (Å²) in [6.45, 7) is 3.68. The van der Waals surface area contributed by atoms with Crippen molar-refractivity contribution in [1.82, 2.24) is 19.4 Å². The number of aromatic nitrogens is 2. The molecule has 134 valence electrons. The zero-order valence-corrected chi connectivity index (χ0v) is 15.3. The smallest absolute Gasteiger partial charge is 0.253 e. The molecular weight excluding hydrogens is 312 g/mol. The molecule has 5 nitrogen and oxygen atoms in total. The van der Waals surface area contributed by atoms with Gasteiger partial charge in [0.2, 0.25) is 0 Å². The molecule has 0 saturated carbocycles. The third kappa shape index (κ3) is 4.92. The number of carbonyl (C=O) groups is 1. The molecule has 0 unspecified atom stereocenters. The number of imidazole rings is 1. The summed E-state index contributed by atoms with van der Waals surface area (Å²) in [5.74, 6) is 0.921. The third-order valence-electron chi connectivity index (χ3n) is 5.01. The van der Waals surface area contributed by atoms with Crippen LogP contribution in [0.15, 0.2) is 43.0 Å². The molecule has 0 spiro atoms. The summed E-state index contributed by atoms with van der Waals surface area (Å²) in [5.41, 5.74) is 1.97. The van der Waals surface area contributed by atoms with Crippen LogP contribution in [0.5, 0.6) is 0 Å².